The van der Waals surface area contributed by atoms with Gasteiger partial charge in [-0.2, -0.15) is 0 Å². The molecule has 1 aliphatic carbocycles. The SMILES string of the molecule is Cc1nc(NC(=O)CC2CCCCC2)sc1C(=O)O. The van der Waals surface area contributed by atoms with Gasteiger partial charge in [-0.25, -0.2) is 9.78 Å². The van der Waals surface area contributed by atoms with Crippen LogP contribution in [0.25, 0.3) is 0 Å². The van der Waals surface area contributed by atoms with Gasteiger partial charge in [0.1, 0.15) is 4.88 Å². The first kappa shape index (κ1) is 14.0. The zero-order chi connectivity index (χ0) is 13.8. The number of carbonyl (C=O) groups is 2. The molecule has 2 N–H and O–H groups in total. The molecule has 6 heteroatoms. The summed E-state index contributed by atoms with van der Waals surface area (Å²) in [6.07, 6.45) is 6.43. The van der Waals surface area contributed by atoms with Gasteiger partial charge < -0.3 is 10.4 Å². The molecule has 1 aliphatic rings. The molecule has 0 saturated heterocycles. The molecule has 0 aromatic carbocycles. The number of nitrogens with one attached hydrogen (secondary N) is 1. The summed E-state index contributed by atoms with van der Waals surface area (Å²) >= 11 is 1.02. The van der Waals surface area contributed by atoms with Gasteiger partial charge in [-0.3, -0.25) is 4.79 Å². The van der Waals surface area contributed by atoms with Crippen LogP contribution < -0.4 is 5.32 Å². The van der Waals surface area contributed by atoms with Crippen molar-refractivity contribution in [2.75, 3.05) is 5.32 Å². The van der Waals surface area contributed by atoms with Gasteiger partial charge in [-0.15, -0.1) is 0 Å². The van der Waals surface area contributed by atoms with E-state index >= 15 is 0 Å². The number of carbonyl (C=O) groups excluding carboxylic acids is 1. The summed E-state index contributed by atoms with van der Waals surface area (Å²) in [5, 5.41) is 12.0. The number of amides is 1. The second-order valence-corrected chi connectivity index (χ2v) is 5.99. The van der Waals surface area contributed by atoms with Crippen molar-refractivity contribution in [3.63, 3.8) is 0 Å². The average molecular weight is 282 g/mol. The largest absolute Gasteiger partial charge is 0.477 e. The van der Waals surface area contributed by atoms with Crippen molar-refractivity contribution in [3.05, 3.63) is 10.6 Å². The summed E-state index contributed by atoms with van der Waals surface area (Å²) in [5.41, 5.74) is 0.450. The van der Waals surface area contributed by atoms with Crippen molar-refractivity contribution in [3.8, 4) is 0 Å². The normalized spacial score (nSPS) is 16.3. The Hall–Kier alpha value is -1.43. The third-order valence-corrected chi connectivity index (χ3v) is 4.50. The first-order valence-corrected chi connectivity index (χ1v) is 7.38. The van der Waals surface area contributed by atoms with Crippen LogP contribution in [-0.2, 0) is 4.79 Å². The molecule has 1 aromatic heterocycles. The number of hydrogen-bond acceptors (Lipinski definition) is 4. The Kier molecular flexibility index (Phi) is 4.52. The second kappa shape index (κ2) is 6.14. The van der Waals surface area contributed by atoms with Gasteiger partial charge in [0.25, 0.3) is 0 Å². The molecule has 2 rings (SSSR count). The highest BCUT2D eigenvalue weighted by molar-refractivity contribution is 7.17. The van der Waals surface area contributed by atoms with Gasteiger partial charge in [0, 0.05) is 6.42 Å². The lowest BCUT2D eigenvalue weighted by atomic mass is 9.87. The Bertz CT molecular complexity index is 478. The lowest BCUT2D eigenvalue weighted by Crippen LogP contribution is -2.18. The highest BCUT2D eigenvalue weighted by Gasteiger charge is 2.19. The maximum absolute atomic E-state index is 11.9. The molecule has 0 aliphatic heterocycles. The average Bonchev–Trinajstić information content (AvgIpc) is 2.71. The van der Waals surface area contributed by atoms with E-state index in [0.717, 1.165) is 24.2 Å². The molecular weight excluding hydrogens is 264 g/mol. The van der Waals surface area contributed by atoms with Gasteiger partial charge in [-0.1, -0.05) is 30.6 Å². The van der Waals surface area contributed by atoms with Gasteiger partial charge in [0.2, 0.25) is 5.91 Å². The highest BCUT2D eigenvalue weighted by Crippen LogP contribution is 2.27. The lowest BCUT2D eigenvalue weighted by molar-refractivity contribution is -0.117. The van der Waals surface area contributed by atoms with E-state index in [1.165, 1.54) is 19.3 Å². The molecule has 0 unspecified atom stereocenters. The van der Waals surface area contributed by atoms with Crippen LogP contribution in [0.3, 0.4) is 0 Å². The van der Waals surface area contributed by atoms with E-state index in [1.54, 1.807) is 6.92 Å². The van der Waals surface area contributed by atoms with Crippen LogP contribution in [0.15, 0.2) is 0 Å². The third-order valence-electron chi connectivity index (χ3n) is 3.44. The van der Waals surface area contributed by atoms with E-state index in [1.807, 2.05) is 0 Å². The summed E-state index contributed by atoms with van der Waals surface area (Å²) in [7, 11) is 0. The number of thiazole rings is 1. The van der Waals surface area contributed by atoms with Crippen LogP contribution >= 0.6 is 11.3 Å². The zero-order valence-corrected chi connectivity index (χ0v) is 11.8. The molecular formula is C13H18N2O3S. The Morgan fingerprint density at radius 3 is 2.63 bits per heavy atom. The smallest absolute Gasteiger partial charge is 0.347 e. The molecule has 1 heterocycles. The second-order valence-electron chi connectivity index (χ2n) is 5.00. The van der Waals surface area contributed by atoms with Crippen LogP contribution in [0.2, 0.25) is 0 Å². The fourth-order valence-corrected chi connectivity index (χ4v) is 3.29. The fraction of sp³-hybridized carbons (Fsp3) is 0.615. The summed E-state index contributed by atoms with van der Waals surface area (Å²) in [4.78, 5) is 27.0. The number of aromatic nitrogens is 1. The Morgan fingerprint density at radius 1 is 1.37 bits per heavy atom. The minimum absolute atomic E-state index is 0.0578. The van der Waals surface area contributed by atoms with Gasteiger partial charge in [0.05, 0.1) is 5.69 Å². The Balaban J connectivity index is 1.91. The van der Waals surface area contributed by atoms with Crippen molar-refractivity contribution < 1.29 is 14.7 Å². The van der Waals surface area contributed by atoms with E-state index in [0.29, 0.717) is 23.2 Å². The number of carboxylic acids is 1. The van der Waals surface area contributed by atoms with Crippen LogP contribution in [-0.4, -0.2) is 22.0 Å². The van der Waals surface area contributed by atoms with E-state index < -0.39 is 5.97 Å². The summed E-state index contributed by atoms with van der Waals surface area (Å²) < 4.78 is 0. The molecule has 5 nitrogen and oxygen atoms in total. The molecule has 1 aromatic rings. The minimum Gasteiger partial charge on any atom is -0.477 e. The minimum atomic E-state index is -0.997. The molecule has 1 saturated carbocycles. The fourth-order valence-electron chi connectivity index (χ4n) is 2.47. The number of aromatic carboxylic acids is 1. The summed E-state index contributed by atoms with van der Waals surface area (Å²) in [6, 6.07) is 0. The van der Waals surface area contributed by atoms with Crippen LogP contribution in [0.5, 0.6) is 0 Å². The topological polar surface area (TPSA) is 79.3 Å². The van der Waals surface area contributed by atoms with Crippen LogP contribution in [0, 0.1) is 12.8 Å². The Labute approximate surface area is 116 Å². The number of hydrogen-bond donors (Lipinski definition) is 2. The molecule has 1 fully saturated rings. The molecule has 1 amide bonds. The number of anilines is 1. The standard InChI is InChI=1S/C13H18N2O3S/c1-8-11(12(17)18)19-13(14-8)15-10(16)7-9-5-3-2-4-6-9/h9H,2-7H2,1H3,(H,17,18)(H,14,15,16). The quantitative estimate of drug-likeness (QED) is 0.889. The van der Waals surface area contributed by atoms with Gasteiger partial charge in [-0.05, 0) is 25.7 Å². The monoisotopic (exact) mass is 282 g/mol. The van der Waals surface area contributed by atoms with Crippen molar-refractivity contribution in [1.29, 1.82) is 0 Å². The number of carboxylic acid groups (broad SMARTS) is 1. The maximum atomic E-state index is 11.9. The number of nitrogens with zero attached hydrogens (tertiary/aromatic N) is 1. The Morgan fingerprint density at radius 2 is 2.05 bits per heavy atom. The first-order valence-electron chi connectivity index (χ1n) is 6.57. The van der Waals surface area contributed by atoms with Crippen molar-refractivity contribution >= 4 is 28.3 Å². The predicted molar refractivity (Wildman–Crippen MR) is 73.6 cm³/mol. The molecule has 0 atom stereocenters. The van der Waals surface area contributed by atoms with Gasteiger partial charge in [0.15, 0.2) is 5.13 Å². The zero-order valence-electron chi connectivity index (χ0n) is 10.9. The maximum Gasteiger partial charge on any atom is 0.347 e. The van der Waals surface area contributed by atoms with Crippen molar-refractivity contribution in [2.45, 2.75) is 45.4 Å². The molecule has 0 radical (unpaired) electrons. The van der Waals surface area contributed by atoms with Crippen molar-refractivity contribution in [2.24, 2.45) is 5.92 Å². The number of rotatable bonds is 4. The first-order chi connectivity index (χ1) is 9.06. The molecule has 0 bridgehead atoms. The highest BCUT2D eigenvalue weighted by atomic mass is 32.1. The lowest BCUT2D eigenvalue weighted by Gasteiger charge is -2.20. The molecule has 19 heavy (non-hydrogen) atoms. The molecule has 104 valence electrons. The third kappa shape index (κ3) is 3.76. The van der Waals surface area contributed by atoms with Crippen molar-refractivity contribution in [1.82, 2.24) is 4.98 Å². The number of aryl methyl sites for hydroxylation is 1. The van der Waals surface area contributed by atoms with E-state index in [4.69, 9.17) is 5.11 Å². The molecule has 0 spiro atoms. The summed E-state index contributed by atoms with van der Waals surface area (Å²) in [6.45, 7) is 1.64. The van der Waals surface area contributed by atoms with E-state index in [9.17, 15) is 9.59 Å². The predicted octanol–water partition coefficient (Wildman–Crippen LogP) is 3.06. The van der Waals surface area contributed by atoms with Crippen LogP contribution in [0.4, 0.5) is 5.13 Å². The van der Waals surface area contributed by atoms with Gasteiger partial charge >= 0.3 is 5.97 Å². The van der Waals surface area contributed by atoms with E-state index in [2.05, 4.69) is 10.3 Å². The van der Waals surface area contributed by atoms with Crippen LogP contribution in [0.1, 0.15) is 53.9 Å². The van der Waals surface area contributed by atoms with E-state index in [-0.39, 0.29) is 10.8 Å². The summed E-state index contributed by atoms with van der Waals surface area (Å²) in [5.74, 6) is -0.589.